The quantitative estimate of drug-likeness (QED) is 0.185. The van der Waals surface area contributed by atoms with Crippen LogP contribution in [0.2, 0.25) is 0 Å². The zero-order chi connectivity index (χ0) is 27.2. The number of carbonyl (C=O) groups is 8. The van der Waals surface area contributed by atoms with Gasteiger partial charge in [0.25, 0.3) is 0 Å². The highest BCUT2D eigenvalue weighted by atomic mass is 16.6. The van der Waals surface area contributed by atoms with E-state index in [4.69, 9.17) is 20.4 Å². The second-order valence-electron chi connectivity index (χ2n) is 6.03. The van der Waals surface area contributed by atoms with Gasteiger partial charge in [0.2, 0.25) is 0 Å². The first kappa shape index (κ1) is 31.3. The summed E-state index contributed by atoms with van der Waals surface area (Å²) in [5.41, 5.74) is -1.41. The number of rotatable bonds is 10. The molecule has 0 saturated heterocycles. The van der Waals surface area contributed by atoms with Crippen molar-refractivity contribution >= 4 is 47.8 Å². The first-order chi connectivity index (χ1) is 15.5. The summed E-state index contributed by atoms with van der Waals surface area (Å²) >= 11 is 0. The average Bonchev–Trinajstić information content (AvgIpc) is 2.65. The Bertz CT molecular complexity index is 915. The molecule has 4 N–H and O–H groups in total. The maximum absolute atomic E-state index is 11.1. The molecule has 0 heterocycles. The van der Waals surface area contributed by atoms with Crippen molar-refractivity contribution in [3.05, 3.63) is 47.6 Å². The lowest BCUT2D eigenvalue weighted by atomic mass is 10.2. The van der Waals surface area contributed by atoms with Crippen molar-refractivity contribution in [1.82, 2.24) is 0 Å². The Morgan fingerprint density at radius 3 is 1.09 bits per heavy atom. The van der Waals surface area contributed by atoms with E-state index < -0.39 is 71.7 Å². The molecule has 0 rings (SSSR count). The van der Waals surface area contributed by atoms with E-state index in [0.717, 1.165) is 13.8 Å². The highest BCUT2D eigenvalue weighted by Gasteiger charge is 2.19. The van der Waals surface area contributed by atoms with Crippen molar-refractivity contribution in [3.8, 4) is 0 Å². The number of hydrogen-bond donors (Lipinski definition) is 4. The van der Waals surface area contributed by atoms with Gasteiger partial charge in [-0.25, -0.2) is 28.8 Å². The summed E-state index contributed by atoms with van der Waals surface area (Å²) in [5.74, 6) is -10.0. The molecule has 0 amide bonds. The van der Waals surface area contributed by atoms with Gasteiger partial charge in [-0.3, -0.25) is 9.59 Å². The van der Waals surface area contributed by atoms with E-state index in [0.29, 0.717) is 12.2 Å². The third-order valence-electron chi connectivity index (χ3n) is 3.00. The molecular weight excluding hydrogens is 464 g/mol. The summed E-state index contributed by atoms with van der Waals surface area (Å²) in [6, 6.07) is 0. The van der Waals surface area contributed by atoms with E-state index in [1.807, 2.05) is 0 Å². The third kappa shape index (κ3) is 15.0. The minimum atomic E-state index is -1.36. The van der Waals surface area contributed by atoms with Gasteiger partial charge < -0.3 is 29.9 Å². The average molecular weight is 484 g/mol. The lowest BCUT2D eigenvalue weighted by Gasteiger charge is -2.04. The van der Waals surface area contributed by atoms with Crippen LogP contribution in [0.3, 0.4) is 0 Å². The van der Waals surface area contributed by atoms with E-state index in [9.17, 15) is 38.4 Å². The summed E-state index contributed by atoms with van der Waals surface area (Å²) in [4.78, 5) is 85.3. The molecule has 0 aliphatic carbocycles. The Balaban J connectivity index is 0. The van der Waals surface area contributed by atoms with Crippen molar-refractivity contribution in [3.63, 3.8) is 0 Å². The number of carbonyl (C=O) groups excluding carboxylic acids is 4. The number of ether oxygens (including phenoxy) is 2. The van der Waals surface area contributed by atoms with Crippen LogP contribution < -0.4 is 0 Å². The zero-order valence-electron chi connectivity index (χ0n) is 17.9. The van der Waals surface area contributed by atoms with Crippen molar-refractivity contribution in [2.75, 3.05) is 0 Å². The summed E-state index contributed by atoms with van der Waals surface area (Å²) in [6.45, 7) is 8.53. The van der Waals surface area contributed by atoms with Gasteiger partial charge in [-0.05, 0) is 13.8 Å². The molecule has 34 heavy (non-hydrogen) atoms. The summed E-state index contributed by atoms with van der Waals surface area (Å²) in [5, 5.41) is 33.4. The summed E-state index contributed by atoms with van der Waals surface area (Å²) < 4.78 is 8.41. The maximum Gasteiger partial charge on any atom is 0.341 e. The van der Waals surface area contributed by atoms with E-state index in [2.05, 4.69) is 22.6 Å². The second-order valence-corrected chi connectivity index (χ2v) is 6.03. The number of esters is 4. The largest absolute Gasteiger partial charge is 0.481 e. The van der Waals surface area contributed by atoms with Gasteiger partial charge in [0, 0.05) is 34.4 Å². The predicted octanol–water partition coefficient (Wildman–Crippen LogP) is 0.236. The van der Waals surface area contributed by atoms with Crippen LogP contribution >= 0.6 is 0 Å². The lowest BCUT2D eigenvalue weighted by Crippen LogP contribution is -2.18. The van der Waals surface area contributed by atoms with Gasteiger partial charge in [-0.15, -0.1) is 0 Å². The molecule has 0 bridgehead atoms. The molecule has 184 valence electrons. The normalized spacial score (nSPS) is 10.5. The van der Waals surface area contributed by atoms with Crippen LogP contribution in [-0.4, -0.2) is 68.2 Å². The Morgan fingerprint density at radius 2 is 0.853 bits per heavy atom. The third-order valence-corrected chi connectivity index (χ3v) is 3.00. The van der Waals surface area contributed by atoms with Gasteiger partial charge in [-0.1, -0.05) is 13.2 Å². The van der Waals surface area contributed by atoms with Crippen LogP contribution in [0.1, 0.15) is 26.7 Å². The minimum absolute atomic E-state index is 0.283. The molecule has 0 radical (unpaired) electrons. The number of carboxylic acid groups (broad SMARTS) is 4. The van der Waals surface area contributed by atoms with E-state index in [1.54, 1.807) is 0 Å². The Kier molecular flexibility index (Phi) is 13.8. The molecule has 0 aromatic heterocycles. The number of hydrogen-bond acceptors (Lipinski definition) is 10. The maximum atomic E-state index is 11.1. The number of aliphatic carboxylic acids is 4. The Hall–Kier alpha value is -4.88. The lowest BCUT2D eigenvalue weighted by molar-refractivity contribution is -0.156. The molecule has 0 spiro atoms. The molecular formula is C20H20O14. The number of carboxylic acids is 4. The SMILES string of the molecule is C/C(=C/C(=O)O)C(=O)OC(=O)/C(C)=C\C(=O)O.C=C(CC(=O)O)C(=O)OC(=O)C(=C)CC(=O)O. The van der Waals surface area contributed by atoms with Crippen LogP contribution in [-0.2, 0) is 47.8 Å². The fraction of sp³-hybridized carbons (Fsp3) is 0.200. The molecule has 14 nitrogen and oxygen atoms in total. The van der Waals surface area contributed by atoms with Gasteiger partial charge in [0.05, 0.1) is 12.8 Å². The van der Waals surface area contributed by atoms with E-state index >= 15 is 0 Å². The zero-order valence-corrected chi connectivity index (χ0v) is 17.9. The van der Waals surface area contributed by atoms with Crippen molar-refractivity contribution < 1.29 is 68.3 Å². The molecule has 0 fully saturated rings. The summed E-state index contributed by atoms with van der Waals surface area (Å²) in [6.07, 6.45) is -0.188. The molecule has 0 atom stereocenters. The minimum Gasteiger partial charge on any atom is -0.481 e. The van der Waals surface area contributed by atoms with Crippen LogP contribution in [0.4, 0.5) is 0 Å². The van der Waals surface area contributed by atoms with Gasteiger partial charge in [0.15, 0.2) is 0 Å². The Labute approximate surface area is 191 Å². The van der Waals surface area contributed by atoms with E-state index in [1.165, 1.54) is 0 Å². The van der Waals surface area contributed by atoms with Crippen LogP contribution in [0, 0.1) is 0 Å². The molecule has 0 aromatic carbocycles. The summed E-state index contributed by atoms with van der Waals surface area (Å²) in [7, 11) is 0. The van der Waals surface area contributed by atoms with Crippen LogP contribution in [0.25, 0.3) is 0 Å². The van der Waals surface area contributed by atoms with Crippen molar-refractivity contribution in [1.29, 1.82) is 0 Å². The fourth-order valence-electron chi connectivity index (χ4n) is 1.47. The van der Waals surface area contributed by atoms with Crippen molar-refractivity contribution in [2.24, 2.45) is 0 Å². The first-order valence-electron chi connectivity index (χ1n) is 8.62. The van der Waals surface area contributed by atoms with Gasteiger partial charge in [0.1, 0.15) is 0 Å². The van der Waals surface area contributed by atoms with Gasteiger partial charge in [-0.2, -0.15) is 0 Å². The fourth-order valence-corrected chi connectivity index (χ4v) is 1.47. The monoisotopic (exact) mass is 484 g/mol. The Morgan fingerprint density at radius 1 is 0.588 bits per heavy atom. The molecule has 0 aromatic rings. The van der Waals surface area contributed by atoms with Crippen molar-refractivity contribution in [2.45, 2.75) is 26.7 Å². The highest BCUT2D eigenvalue weighted by Crippen LogP contribution is 2.06. The molecule has 0 unspecified atom stereocenters. The smallest absolute Gasteiger partial charge is 0.341 e. The predicted molar refractivity (Wildman–Crippen MR) is 108 cm³/mol. The second kappa shape index (κ2) is 15.0. The van der Waals surface area contributed by atoms with Crippen LogP contribution in [0.5, 0.6) is 0 Å². The molecule has 0 aliphatic heterocycles. The molecule has 0 saturated carbocycles. The highest BCUT2D eigenvalue weighted by molar-refractivity contribution is 6.05. The first-order valence-corrected chi connectivity index (χ1v) is 8.62. The topological polar surface area (TPSA) is 236 Å². The molecule has 14 heteroatoms. The van der Waals surface area contributed by atoms with Crippen LogP contribution in [0.15, 0.2) is 47.6 Å². The standard InChI is InChI=1S/2C10H10O7/c2*1-5(3-7(11)12)9(15)17-10(16)6(2)4-8(13)14/h3-4H,1-2H3,(H,11,12)(H,13,14);1-4H2,(H,11,12)(H,13,14)/b5-3-,6-4-;. The molecule has 0 aliphatic rings. The van der Waals surface area contributed by atoms with Gasteiger partial charge >= 0.3 is 47.8 Å². The van der Waals surface area contributed by atoms with E-state index in [-0.39, 0.29) is 11.1 Å².